The Kier molecular flexibility index (Phi) is 6.20. The highest BCUT2D eigenvalue weighted by molar-refractivity contribution is 5.75. The van der Waals surface area contributed by atoms with Gasteiger partial charge in [0.15, 0.2) is 0 Å². The zero-order chi connectivity index (χ0) is 16.0. The van der Waals surface area contributed by atoms with Crippen molar-refractivity contribution in [2.45, 2.75) is 33.7 Å². The van der Waals surface area contributed by atoms with E-state index in [1.54, 1.807) is 4.68 Å². The fourth-order valence-corrected chi connectivity index (χ4v) is 2.12. The number of carbonyl (C=O) groups is 2. The van der Waals surface area contributed by atoms with Crippen LogP contribution in [0.15, 0.2) is 6.20 Å². The number of hydrogen-bond acceptors (Lipinski definition) is 3. The van der Waals surface area contributed by atoms with Gasteiger partial charge in [0.1, 0.15) is 0 Å². The van der Waals surface area contributed by atoms with Crippen LogP contribution in [0.4, 0.5) is 4.79 Å². The van der Waals surface area contributed by atoms with E-state index in [9.17, 15) is 9.59 Å². The first-order valence-corrected chi connectivity index (χ1v) is 7.03. The number of nitrogens with one attached hydrogen (secondary N) is 2. The molecule has 1 rings (SSSR count). The summed E-state index contributed by atoms with van der Waals surface area (Å²) >= 11 is 0. The number of carboxylic acids is 1. The number of urea groups is 1. The Morgan fingerprint density at radius 3 is 2.52 bits per heavy atom. The molecule has 0 radical (unpaired) electrons. The summed E-state index contributed by atoms with van der Waals surface area (Å²) in [6.45, 7) is 6.29. The Labute approximate surface area is 124 Å². The Balaban J connectivity index is 2.39. The van der Waals surface area contributed by atoms with Gasteiger partial charge in [0.2, 0.25) is 0 Å². The van der Waals surface area contributed by atoms with Crippen molar-refractivity contribution in [3.8, 4) is 0 Å². The van der Waals surface area contributed by atoms with Crippen molar-refractivity contribution < 1.29 is 14.7 Å². The maximum Gasteiger partial charge on any atom is 0.315 e. The first kappa shape index (κ1) is 17.0. The predicted octanol–water partition coefficient (Wildman–Crippen LogP) is 1.27. The molecule has 0 bridgehead atoms. The summed E-state index contributed by atoms with van der Waals surface area (Å²) in [5, 5.41) is 18.6. The summed E-state index contributed by atoms with van der Waals surface area (Å²) in [5.74, 6) is -1.17. The Bertz CT molecular complexity index is 496. The van der Waals surface area contributed by atoms with Gasteiger partial charge >= 0.3 is 12.0 Å². The summed E-state index contributed by atoms with van der Waals surface area (Å²) < 4.78 is 1.69. The van der Waals surface area contributed by atoms with Crippen molar-refractivity contribution in [2.24, 2.45) is 18.9 Å². The number of nitrogens with zero attached hydrogens (tertiary/aromatic N) is 2. The van der Waals surface area contributed by atoms with Crippen LogP contribution in [-0.4, -0.2) is 33.4 Å². The van der Waals surface area contributed by atoms with Crippen LogP contribution in [0.25, 0.3) is 0 Å². The molecule has 0 aromatic carbocycles. The molecule has 1 unspecified atom stereocenters. The number of carbonyl (C=O) groups excluding carboxylic acids is 1. The number of rotatable bonds is 7. The smallest absolute Gasteiger partial charge is 0.315 e. The Morgan fingerprint density at radius 2 is 2.05 bits per heavy atom. The summed E-state index contributed by atoms with van der Waals surface area (Å²) in [5.41, 5.74) is 1.80. The van der Waals surface area contributed by atoms with Gasteiger partial charge in [0.25, 0.3) is 0 Å². The lowest BCUT2D eigenvalue weighted by atomic mass is 9.97. The summed E-state index contributed by atoms with van der Waals surface area (Å²) in [4.78, 5) is 22.8. The number of carboxylic acid groups (broad SMARTS) is 1. The first-order valence-electron chi connectivity index (χ1n) is 7.03. The van der Waals surface area contributed by atoms with Gasteiger partial charge in [0.05, 0.1) is 11.6 Å². The quantitative estimate of drug-likeness (QED) is 0.706. The van der Waals surface area contributed by atoms with Gasteiger partial charge in [0, 0.05) is 31.9 Å². The van der Waals surface area contributed by atoms with Crippen molar-refractivity contribution in [1.29, 1.82) is 0 Å². The number of aryl methyl sites for hydroxylation is 2. The van der Waals surface area contributed by atoms with Crippen LogP contribution in [0.5, 0.6) is 0 Å². The average Bonchev–Trinajstić information content (AvgIpc) is 2.69. The van der Waals surface area contributed by atoms with Crippen molar-refractivity contribution >= 4 is 12.0 Å². The molecule has 1 aromatic heterocycles. The largest absolute Gasteiger partial charge is 0.481 e. The van der Waals surface area contributed by atoms with Gasteiger partial charge in [-0.1, -0.05) is 13.8 Å². The third-order valence-corrected chi connectivity index (χ3v) is 3.17. The fraction of sp³-hybridized carbons (Fsp3) is 0.643. The lowest BCUT2D eigenvalue weighted by Crippen LogP contribution is -2.40. The summed E-state index contributed by atoms with van der Waals surface area (Å²) in [6.07, 6.45) is 2.38. The van der Waals surface area contributed by atoms with Gasteiger partial charge in [-0.05, 0) is 19.3 Å². The zero-order valence-corrected chi connectivity index (χ0v) is 13.0. The number of hydrogen-bond donors (Lipinski definition) is 3. The second kappa shape index (κ2) is 7.66. The molecule has 118 valence electrons. The second-order valence-corrected chi connectivity index (χ2v) is 5.64. The molecule has 21 heavy (non-hydrogen) atoms. The zero-order valence-electron chi connectivity index (χ0n) is 13.0. The highest BCUT2D eigenvalue weighted by atomic mass is 16.4. The highest BCUT2D eigenvalue weighted by Gasteiger charge is 2.19. The number of aromatic nitrogens is 2. The third kappa shape index (κ3) is 5.85. The maximum atomic E-state index is 11.7. The van der Waals surface area contributed by atoms with E-state index in [4.69, 9.17) is 5.11 Å². The molecule has 7 heteroatoms. The van der Waals surface area contributed by atoms with Crippen LogP contribution < -0.4 is 10.6 Å². The minimum absolute atomic E-state index is 0.130. The molecular weight excluding hydrogens is 272 g/mol. The van der Waals surface area contributed by atoms with E-state index in [0.29, 0.717) is 13.0 Å². The summed E-state index contributed by atoms with van der Waals surface area (Å²) in [7, 11) is 1.82. The average molecular weight is 296 g/mol. The molecule has 3 N–H and O–H groups in total. The van der Waals surface area contributed by atoms with Crippen LogP contribution in [0, 0.1) is 18.8 Å². The van der Waals surface area contributed by atoms with Crippen LogP contribution in [0.1, 0.15) is 31.5 Å². The molecule has 0 saturated carbocycles. The van der Waals surface area contributed by atoms with Crippen LogP contribution in [-0.2, 0) is 18.4 Å². The molecule has 1 atom stereocenters. The fourth-order valence-electron chi connectivity index (χ4n) is 2.12. The van der Waals surface area contributed by atoms with E-state index < -0.39 is 11.9 Å². The van der Waals surface area contributed by atoms with Crippen molar-refractivity contribution in [3.05, 3.63) is 17.5 Å². The van der Waals surface area contributed by atoms with Crippen molar-refractivity contribution in [1.82, 2.24) is 20.4 Å². The highest BCUT2D eigenvalue weighted by Crippen LogP contribution is 2.11. The normalized spacial score (nSPS) is 12.2. The molecule has 0 aliphatic rings. The van der Waals surface area contributed by atoms with Crippen molar-refractivity contribution in [3.63, 3.8) is 0 Å². The molecule has 1 heterocycles. The Morgan fingerprint density at radius 1 is 1.38 bits per heavy atom. The van der Waals surface area contributed by atoms with Gasteiger partial charge in [-0.2, -0.15) is 5.10 Å². The topological polar surface area (TPSA) is 96.3 Å². The van der Waals surface area contributed by atoms with Crippen LogP contribution in [0.2, 0.25) is 0 Å². The standard InChI is InChI=1S/C14H24N4O3/c1-9(2)5-11(13(19)20)6-15-14(21)16-7-12-8-18(4)17-10(12)3/h8-9,11H,5-7H2,1-4H3,(H,19,20)(H2,15,16,21). The molecular formula is C14H24N4O3. The maximum absolute atomic E-state index is 11.7. The van der Waals surface area contributed by atoms with E-state index in [1.165, 1.54) is 0 Å². The lowest BCUT2D eigenvalue weighted by Gasteiger charge is -2.15. The first-order chi connectivity index (χ1) is 9.79. The van der Waals surface area contributed by atoms with Crippen LogP contribution >= 0.6 is 0 Å². The van der Waals surface area contributed by atoms with Gasteiger partial charge in [-0.15, -0.1) is 0 Å². The minimum atomic E-state index is -0.882. The SMILES string of the molecule is Cc1nn(C)cc1CNC(=O)NCC(CC(C)C)C(=O)O. The second-order valence-electron chi connectivity index (χ2n) is 5.64. The van der Waals surface area contributed by atoms with Crippen LogP contribution in [0.3, 0.4) is 0 Å². The van der Waals surface area contributed by atoms with E-state index in [1.807, 2.05) is 34.0 Å². The molecule has 0 aliphatic carbocycles. The van der Waals surface area contributed by atoms with E-state index in [0.717, 1.165) is 11.3 Å². The van der Waals surface area contributed by atoms with E-state index >= 15 is 0 Å². The van der Waals surface area contributed by atoms with Gasteiger partial charge in [-0.25, -0.2) is 4.79 Å². The molecule has 0 saturated heterocycles. The van der Waals surface area contributed by atoms with Gasteiger partial charge in [-0.3, -0.25) is 9.48 Å². The molecule has 1 aromatic rings. The Hall–Kier alpha value is -2.05. The molecule has 0 aliphatic heterocycles. The molecule has 7 nitrogen and oxygen atoms in total. The predicted molar refractivity (Wildman–Crippen MR) is 78.8 cm³/mol. The monoisotopic (exact) mass is 296 g/mol. The summed E-state index contributed by atoms with van der Waals surface area (Å²) in [6, 6.07) is -0.367. The number of aliphatic carboxylic acids is 1. The molecule has 0 spiro atoms. The minimum Gasteiger partial charge on any atom is -0.481 e. The molecule has 2 amide bonds. The third-order valence-electron chi connectivity index (χ3n) is 3.17. The van der Waals surface area contributed by atoms with Crippen molar-refractivity contribution in [2.75, 3.05) is 6.54 Å². The van der Waals surface area contributed by atoms with E-state index in [-0.39, 0.29) is 18.5 Å². The van der Waals surface area contributed by atoms with E-state index in [2.05, 4.69) is 15.7 Å². The molecule has 0 fully saturated rings. The van der Waals surface area contributed by atoms with Gasteiger partial charge < -0.3 is 15.7 Å². The number of amides is 2. The lowest BCUT2D eigenvalue weighted by molar-refractivity contribution is -0.142.